The van der Waals surface area contributed by atoms with E-state index in [4.69, 9.17) is 14.2 Å². The van der Waals surface area contributed by atoms with E-state index >= 15 is 0 Å². The normalized spacial score (nSPS) is 16.7. The van der Waals surface area contributed by atoms with Gasteiger partial charge in [-0.2, -0.15) is 0 Å². The molecule has 0 saturated carbocycles. The molecule has 1 saturated heterocycles. The number of ether oxygens (including phenoxy) is 3. The zero-order valence-corrected chi connectivity index (χ0v) is 26.1. The van der Waals surface area contributed by atoms with E-state index in [0.29, 0.717) is 0 Å². The number of hydrogen-bond acceptors (Lipinski definition) is 7. The van der Waals surface area contributed by atoms with Crippen LogP contribution in [0.15, 0.2) is 0 Å². The molecule has 1 aliphatic rings. The van der Waals surface area contributed by atoms with Gasteiger partial charge in [-0.15, -0.1) is 0 Å². The van der Waals surface area contributed by atoms with Gasteiger partial charge in [-0.05, 0) is 142 Å². The molecule has 0 aromatic heterocycles. The Bertz CT molecular complexity index is 610. The van der Waals surface area contributed by atoms with Crippen molar-refractivity contribution in [2.75, 3.05) is 26.3 Å². The average Bonchev–Trinajstić information content (AvgIpc) is 2.62. The second-order valence-corrected chi connectivity index (χ2v) is 21.2. The van der Waals surface area contributed by atoms with Crippen LogP contribution in [0.4, 0.5) is 0 Å². The number of halogens is 6. The molecule has 0 spiro atoms. The lowest BCUT2D eigenvalue weighted by atomic mass is 9.83. The number of hydrogen-bond donors (Lipinski definition) is 1. The fourth-order valence-corrected chi connectivity index (χ4v) is 3.42. The third kappa shape index (κ3) is 9.24. The van der Waals surface area contributed by atoms with Crippen molar-refractivity contribution >= 4 is 113 Å². The maximum Gasteiger partial charge on any atom is 0.344 e. The molecule has 0 aromatic carbocycles. The van der Waals surface area contributed by atoms with E-state index in [1.165, 1.54) is 6.92 Å². The summed E-state index contributed by atoms with van der Waals surface area (Å²) in [5.74, 6) is -1.86. The lowest BCUT2D eigenvalue weighted by molar-refractivity contribution is -0.184. The molecule has 0 aromatic rings. The van der Waals surface area contributed by atoms with Gasteiger partial charge in [0.15, 0.2) is 0 Å². The second-order valence-electron chi connectivity index (χ2n) is 7.73. The van der Waals surface area contributed by atoms with Gasteiger partial charge in [0, 0.05) is 5.92 Å². The molecule has 0 bridgehead atoms. The van der Waals surface area contributed by atoms with Crippen molar-refractivity contribution in [3.05, 3.63) is 0 Å². The van der Waals surface area contributed by atoms with Crippen LogP contribution in [0.2, 0.25) is 0 Å². The molecule has 0 amide bonds. The Labute approximate surface area is 226 Å². The Morgan fingerprint density at radius 3 is 1.57 bits per heavy atom. The standard InChI is InChI=1S/C17H23Br6NO6/c1-14(2,10-4-6-24-7-5-10)30-11(25)15(3,8-28-12(26)16(18,19)20)9-29-13(27)17(21,22)23/h10,24H,4-9H2,1-3H3. The van der Waals surface area contributed by atoms with Gasteiger partial charge in [0.05, 0.1) is 0 Å². The van der Waals surface area contributed by atoms with Crippen molar-refractivity contribution < 1.29 is 28.6 Å². The topological polar surface area (TPSA) is 90.9 Å². The molecule has 174 valence electrons. The van der Waals surface area contributed by atoms with E-state index in [1.54, 1.807) is 0 Å². The summed E-state index contributed by atoms with van der Waals surface area (Å²) in [5, 5.41) is 3.28. The monoisotopic (exact) mass is 811 g/mol. The van der Waals surface area contributed by atoms with Crippen LogP contribution < -0.4 is 5.32 Å². The first-order valence-electron chi connectivity index (χ1n) is 8.91. The zero-order valence-electron chi connectivity index (χ0n) is 16.5. The predicted molar refractivity (Wildman–Crippen MR) is 135 cm³/mol. The SMILES string of the molecule is CC(COC(=O)C(Br)(Br)Br)(COC(=O)C(Br)(Br)Br)C(=O)OC(C)(C)C1CCNCC1. The summed E-state index contributed by atoms with van der Waals surface area (Å²) < 4.78 is 13.8. The summed E-state index contributed by atoms with van der Waals surface area (Å²) in [6.45, 7) is 6.23. The molecule has 1 N–H and O–H groups in total. The first-order chi connectivity index (χ1) is 13.5. The molecule has 1 fully saturated rings. The summed E-state index contributed by atoms with van der Waals surface area (Å²) >= 11 is 18.4. The van der Waals surface area contributed by atoms with Crippen molar-refractivity contribution in [3.63, 3.8) is 0 Å². The van der Waals surface area contributed by atoms with Crippen LogP contribution in [-0.2, 0) is 28.6 Å². The first-order valence-corrected chi connectivity index (χ1v) is 13.7. The van der Waals surface area contributed by atoms with Gasteiger partial charge in [0.2, 0.25) is 4.29 Å². The van der Waals surface area contributed by atoms with Gasteiger partial charge < -0.3 is 19.5 Å². The third-order valence-electron chi connectivity index (χ3n) is 4.68. The Morgan fingerprint density at radius 2 is 1.20 bits per heavy atom. The van der Waals surface area contributed by atoms with Gasteiger partial charge >= 0.3 is 17.9 Å². The zero-order chi connectivity index (χ0) is 23.4. The van der Waals surface area contributed by atoms with E-state index in [1.807, 2.05) is 13.8 Å². The van der Waals surface area contributed by atoms with Crippen molar-refractivity contribution in [2.24, 2.45) is 11.3 Å². The average molecular weight is 817 g/mol. The quantitative estimate of drug-likeness (QED) is 0.218. The molecule has 1 heterocycles. The minimum Gasteiger partial charge on any atom is -0.462 e. The van der Waals surface area contributed by atoms with Crippen molar-refractivity contribution in [2.45, 2.75) is 43.5 Å². The van der Waals surface area contributed by atoms with Gasteiger partial charge in [0.25, 0.3) is 0 Å². The Balaban J connectivity index is 2.97. The van der Waals surface area contributed by atoms with Crippen LogP contribution in [0.5, 0.6) is 0 Å². The fraction of sp³-hybridized carbons (Fsp3) is 0.824. The molecule has 0 atom stereocenters. The maximum atomic E-state index is 13.2. The Kier molecular flexibility index (Phi) is 11.3. The Hall–Kier alpha value is 1.25. The minimum atomic E-state index is -1.42. The smallest absolute Gasteiger partial charge is 0.344 e. The molecule has 7 nitrogen and oxygen atoms in total. The molecule has 0 radical (unpaired) electrons. The highest BCUT2D eigenvalue weighted by atomic mass is 80.0. The van der Waals surface area contributed by atoms with Crippen molar-refractivity contribution in [1.82, 2.24) is 5.32 Å². The highest BCUT2D eigenvalue weighted by molar-refractivity contribution is 9.40. The molecule has 1 aliphatic heterocycles. The van der Waals surface area contributed by atoms with Crippen LogP contribution >= 0.6 is 95.6 Å². The van der Waals surface area contributed by atoms with E-state index in [-0.39, 0.29) is 19.1 Å². The molecule has 30 heavy (non-hydrogen) atoms. The van der Waals surface area contributed by atoms with E-state index in [0.717, 1.165) is 25.9 Å². The molecular formula is C17H23Br6NO6. The molecule has 1 rings (SSSR count). The van der Waals surface area contributed by atoms with E-state index in [9.17, 15) is 14.4 Å². The van der Waals surface area contributed by atoms with Crippen molar-refractivity contribution in [3.8, 4) is 0 Å². The molecular weight excluding hydrogens is 794 g/mol. The minimum absolute atomic E-state index is 0.178. The van der Waals surface area contributed by atoms with Crippen molar-refractivity contribution in [1.29, 1.82) is 0 Å². The van der Waals surface area contributed by atoms with Crippen LogP contribution in [-0.4, -0.2) is 54.1 Å². The molecule has 0 aliphatic carbocycles. The first kappa shape index (κ1) is 29.3. The summed E-state index contributed by atoms with van der Waals surface area (Å²) in [4.78, 5) is 37.4. The number of esters is 3. The Morgan fingerprint density at radius 1 is 0.800 bits per heavy atom. The number of nitrogens with one attached hydrogen (secondary N) is 1. The van der Waals surface area contributed by atoms with Gasteiger partial charge in [-0.3, -0.25) is 4.79 Å². The lowest BCUT2D eigenvalue weighted by Gasteiger charge is -2.39. The van der Waals surface area contributed by atoms with Crippen LogP contribution in [0, 0.1) is 11.3 Å². The lowest BCUT2D eigenvalue weighted by Crippen LogP contribution is -2.48. The third-order valence-corrected chi connectivity index (χ3v) is 6.62. The number of carbonyl (C=O) groups is 3. The fourth-order valence-electron chi connectivity index (χ4n) is 2.74. The largest absolute Gasteiger partial charge is 0.462 e. The highest BCUT2D eigenvalue weighted by Crippen LogP contribution is 2.38. The van der Waals surface area contributed by atoms with E-state index in [2.05, 4.69) is 101 Å². The summed E-state index contributed by atoms with van der Waals surface area (Å²) in [6.07, 6.45) is 1.75. The summed E-state index contributed by atoms with van der Waals surface area (Å²) in [5.41, 5.74) is -2.16. The van der Waals surface area contributed by atoms with Crippen LogP contribution in [0.25, 0.3) is 0 Å². The van der Waals surface area contributed by atoms with Crippen LogP contribution in [0.1, 0.15) is 33.6 Å². The number of piperidine rings is 1. The predicted octanol–water partition coefficient (Wildman–Crippen LogP) is 5.08. The second kappa shape index (κ2) is 11.6. The highest BCUT2D eigenvalue weighted by Gasteiger charge is 2.45. The maximum absolute atomic E-state index is 13.2. The van der Waals surface area contributed by atoms with Gasteiger partial charge in [-0.25, -0.2) is 9.59 Å². The molecule has 13 heteroatoms. The number of carbonyl (C=O) groups excluding carboxylic acids is 3. The molecule has 0 unspecified atom stereocenters. The van der Waals surface area contributed by atoms with E-state index < -0.39 is 33.2 Å². The summed E-state index contributed by atoms with van der Waals surface area (Å²) in [6, 6.07) is 0. The number of alkyl halides is 6. The van der Waals surface area contributed by atoms with Crippen LogP contribution in [0.3, 0.4) is 0 Å². The number of rotatable bonds is 7. The van der Waals surface area contributed by atoms with Gasteiger partial charge in [0.1, 0.15) is 24.2 Å². The van der Waals surface area contributed by atoms with Gasteiger partial charge in [-0.1, -0.05) is 0 Å². The summed E-state index contributed by atoms with van der Waals surface area (Å²) in [7, 11) is 0.